The molecule has 0 spiro atoms. The van der Waals surface area contributed by atoms with Crippen LogP contribution in [0.2, 0.25) is 0 Å². The number of aryl methyl sites for hydroxylation is 1. The van der Waals surface area contributed by atoms with E-state index in [1.807, 2.05) is 48.5 Å². The minimum atomic E-state index is -0.270. The lowest BCUT2D eigenvalue weighted by Gasteiger charge is -2.13. The van der Waals surface area contributed by atoms with Crippen LogP contribution in [0.25, 0.3) is 0 Å². The first-order chi connectivity index (χ1) is 13.7. The van der Waals surface area contributed by atoms with E-state index in [4.69, 9.17) is 13.9 Å². The van der Waals surface area contributed by atoms with Gasteiger partial charge < -0.3 is 19.2 Å². The van der Waals surface area contributed by atoms with Crippen molar-refractivity contribution < 1.29 is 18.7 Å². The van der Waals surface area contributed by atoms with Gasteiger partial charge in [0.25, 0.3) is 0 Å². The van der Waals surface area contributed by atoms with E-state index in [0.717, 1.165) is 22.6 Å². The highest BCUT2D eigenvalue weighted by Gasteiger charge is 2.23. The Bertz CT molecular complexity index is 955. The van der Waals surface area contributed by atoms with Crippen molar-refractivity contribution in [2.45, 2.75) is 25.7 Å². The number of rotatable bonds is 7. The Morgan fingerprint density at radius 3 is 2.71 bits per heavy atom. The van der Waals surface area contributed by atoms with E-state index in [1.165, 1.54) is 0 Å². The molecule has 1 aliphatic rings. The quantitative estimate of drug-likeness (QED) is 0.679. The molecule has 0 bridgehead atoms. The van der Waals surface area contributed by atoms with Gasteiger partial charge in [0.15, 0.2) is 11.5 Å². The molecule has 28 heavy (non-hydrogen) atoms. The van der Waals surface area contributed by atoms with Crippen LogP contribution in [0.1, 0.15) is 35.2 Å². The first-order valence-corrected chi connectivity index (χ1v) is 9.19. The summed E-state index contributed by atoms with van der Waals surface area (Å²) >= 11 is 0. The maximum Gasteiger partial charge on any atom is 0.231 e. The zero-order valence-electron chi connectivity index (χ0n) is 15.6. The number of carbonyl (C=O) groups is 1. The van der Waals surface area contributed by atoms with Crippen LogP contribution in [0.4, 0.5) is 0 Å². The van der Waals surface area contributed by atoms with Crippen LogP contribution in [-0.2, 0) is 11.2 Å². The van der Waals surface area contributed by atoms with Crippen molar-refractivity contribution in [2.24, 2.45) is 0 Å². The molecule has 4 rings (SSSR count). The van der Waals surface area contributed by atoms with Gasteiger partial charge in [-0.3, -0.25) is 4.79 Å². The van der Waals surface area contributed by atoms with Gasteiger partial charge in [-0.2, -0.15) is 0 Å². The number of hydrogen-bond donors (Lipinski definition) is 1. The van der Waals surface area contributed by atoms with Gasteiger partial charge in [-0.25, -0.2) is 0 Å². The summed E-state index contributed by atoms with van der Waals surface area (Å²) in [5, 5.41) is 11.0. The summed E-state index contributed by atoms with van der Waals surface area (Å²) in [6.45, 7) is 2.53. The van der Waals surface area contributed by atoms with Crippen LogP contribution in [0.15, 0.2) is 52.9 Å². The van der Waals surface area contributed by atoms with Crippen LogP contribution in [0.3, 0.4) is 0 Å². The predicted octanol–water partition coefficient (Wildman–Crippen LogP) is 2.99. The van der Waals surface area contributed by atoms with Crippen molar-refractivity contribution in [2.75, 3.05) is 13.3 Å². The zero-order chi connectivity index (χ0) is 19.3. The second-order valence-electron chi connectivity index (χ2n) is 6.61. The molecule has 0 saturated carbocycles. The maximum atomic E-state index is 12.5. The number of carbonyl (C=O) groups excluding carboxylic acids is 1. The van der Waals surface area contributed by atoms with Crippen LogP contribution >= 0.6 is 0 Å². The Kier molecular flexibility index (Phi) is 5.23. The van der Waals surface area contributed by atoms with E-state index in [9.17, 15) is 4.79 Å². The molecule has 1 aromatic heterocycles. The summed E-state index contributed by atoms with van der Waals surface area (Å²) in [6.07, 6.45) is 0.949. The highest BCUT2D eigenvalue weighted by atomic mass is 16.7. The van der Waals surface area contributed by atoms with Crippen LogP contribution in [0.5, 0.6) is 11.5 Å². The van der Waals surface area contributed by atoms with Gasteiger partial charge in [0.2, 0.25) is 24.5 Å². The molecule has 0 fully saturated rings. The van der Waals surface area contributed by atoms with E-state index >= 15 is 0 Å². The molecule has 0 radical (unpaired) electrons. The molecular weight excluding hydrogens is 358 g/mol. The topological polar surface area (TPSA) is 86.5 Å². The van der Waals surface area contributed by atoms with E-state index in [2.05, 4.69) is 15.5 Å². The van der Waals surface area contributed by atoms with Gasteiger partial charge in [0, 0.05) is 19.9 Å². The molecular formula is C21H21N3O4. The van der Waals surface area contributed by atoms with Gasteiger partial charge >= 0.3 is 0 Å². The molecule has 7 heteroatoms. The standard InChI is InChI=1S/C21H21N3O4/c1-14-23-24-21(28-14)17(16-5-3-2-4-6-16)12-20(25)22-10-9-15-7-8-18-19(11-15)27-13-26-18/h2-8,11,17H,9-10,12-13H2,1H3,(H,22,25). The Labute approximate surface area is 162 Å². The molecule has 1 N–H and O–H groups in total. The van der Waals surface area contributed by atoms with Crippen LogP contribution in [0, 0.1) is 6.92 Å². The molecule has 1 aliphatic heterocycles. The van der Waals surface area contributed by atoms with Crippen LogP contribution in [-0.4, -0.2) is 29.4 Å². The Morgan fingerprint density at radius 1 is 1.11 bits per heavy atom. The van der Waals surface area contributed by atoms with E-state index in [0.29, 0.717) is 24.7 Å². The summed E-state index contributed by atoms with van der Waals surface area (Å²) in [4.78, 5) is 12.5. The number of ether oxygens (including phenoxy) is 2. The average molecular weight is 379 g/mol. The molecule has 7 nitrogen and oxygen atoms in total. The fraction of sp³-hybridized carbons (Fsp3) is 0.286. The molecule has 2 heterocycles. The van der Waals surface area contributed by atoms with Crippen LogP contribution < -0.4 is 14.8 Å². The van der Waals surface area contributed by atoms with E-state index in [1.54, 1.807) is 6.92 Å². The Morgan fingerprint density at radius 2 is 1.93 bits per heavy atom. The minimum Gasteiger partial charge on any atom is -0.454 e. The molecule has 1 unspecified atom stereocenters. The molecule has 1 atom stereocenters. The number of amides is 1. The third kappa shape index (κ3) is 4.14. The molecule has 1 amide bonds. The lowest BCUT2D eigenvalue weighted by atomic mass is 9.95. The highest BCUT2D eigenvalue weighted by Crippen LogP contribution is 2.32. The van der Waals surface area contributed by atoms with Crippen molar-refractivity contribution in [3.05, 3.63) is 71.4 Å². The molecule has 0 aliphatic carbocycles. The molecule has 3 aromatic rings. The van der Waals surface area contributed by atoms with E-state index < -0.39 is 0 Å². The number of aromatic nitrogens is 2. The van der Waals surface area contributed by atoms with Gasteiger partial charge in [-0.05, 0) is 29.7 Å². The lowest BCUT2D eigenvalue weighted by Crippen LogP contribution is -2.27. The summed E-state index contributed by atoms with van der Waals surface area (Å²) < 4.78 is 16.3. The van der Waals surface area contributed by atoms with Crippen molar-refractivity contribution in [3.63, 3.8) is 0 Å². The normalized spacial score (nSPS) is 13.3. The highest BCUT2D eigenvalue weighted by molar-refractivity contribution is 5.77. The summed E-state index contributed by atoms with van der Waals surface area (Å²) in [7, 11) is 0. The van der Waals surface area contributed by atoms with E-state index in [-0.39, 0.29) is 25.0 Å². The lowest BCUT2D eigenvalue weighted by molar-refractivity contribution is -0.121. The van der Waals surface area contributed by atoms with Crippen molar-refractivity contribution in [3.8, 4) is 11.5 Å². The van der Waals surface area contributed by atoms with Crippen molar-refractivity contribution >= 4 is 5.91 Å². The van der Waals surface area contributed by atoms with Gasteiger partial charge in [-0.15, -0.1) is 10.2 Å². The number of benzene rings is 2. The number of nitrogens with one attached hydrogen (secondary N) is 1. The van der Waals surface area contributed by atoms with Crippen molar-refractivity contribution in [1.82, 2.24) is 15.5 Å². The first kappa shape index (κ1) is 18.0. The monoisotopic (exact) mass is 379 g/mol. The molecule has 2 aromatic carbocycles. The maximum absolute atomic E-state index is 12.5. The zero-order valence-corrected chi connectivity index (χ0v) is 15.6. The SMILES string of the molecule is Cc1nnc(C(CC(=O)NCCc2ccc3c(c2)OCO3)c2ccccc2)o1. The average Bonchev–Trinajstić information content (AvgIpc) is 3.35. The number of hydrogen-bond acceptors (Lipinski definition) is 6. The number of fused-ring (bicyclic) bond motifs is 1. The summed E-state index contributed by atoms with van der Waals surface area (Å²) in [5.41, 5.74) is 2.05. The first-order valence-electron chi connectivity index (χ1n) is 9.19. The Hall–Kier alpha value is -3.35. The largest absolute Gasteiger partial charge is 0.454 e. The summed E-state index contributed by atoms with van der Waals surface area (Å²) in [5.74, 6) is 2.11. The third-order valence-corrected chi connectivity index (χ3v) is 4.60. The fourth-order valence-corrected chi connectivity index (χ4v) is 3.19. The van der Waals surface area contributed by atoms with Gasteiger partial charge in [0.1, 0.15) is 0 Å². The Balaban J connectivity index is 1.36. The smallest absolute Gasteiger partial charge is 0.231 e. The van der Waals surface area contributed by atoms with Gasteiger partial charge in [-0.1, -0.05) is 36.4 Å². The third-order valence-electron chi connectivity index (χ3n) is 4.60. The minimum absolute atomic E-state index is 0.0644. The molecule has 144 valence electrons. The fourth-order valence-electron chi connectivity index (χ4n) is 3.19. The van der Waals surface area contributed by atoms with Gasteiger partial charge in [0.05, 0.1) is 5.92 Å². The second kappa shape index (κ2) is 8.12. The van der Waals surface area contributed by atoms with Crippen molar-refractivity contribution in [1.29, 1.82) is 0 Å². The second-order valence-corrected chi connectivity index (χ2v) is 6.61. The number of nitrogens with zero attached hydrogens (tertiary/aromatic N) is 2. The summed E-state index contributed by atoms with van der Waals surface area (Å²) in [6, 6.07) is 15.5. The predicted molar refractivity (Wildman–Crippen MR) is 101 cm³/mol. The molecule has 0 saturated heterocycles.